The van der Waals surface area contributed by atoms with Gasteiger partial charge in [0.15, 0.2) is 0 Å². The van der Waals surface area contributed by atoms with Crippen LogP contribution in [0.5, 0.6) is 0 Å². The lowest BCUT2D eigenvalue weighted by Crippen LogP contribution is -2.24. The Hall–Kier alpha value is -3.54. The van der Waals surface area contributed by atoms with Gasteiger partial charge in [-0.25, -0.2) is 4.79 Å². The summed E-state index contributed by atoms with van der Waals surface area (Å²) in [6, 6.07) is 18.5. The number of nitrogens with zero attached hydrogens (tertiary/aromatic N) is 1. The summed E-state index contributed by atoms with van der Waals surface area (Å²) < 4.78 is 2.05. The summed E-state index contributed by atoms with van der Waals surface area (Å²) in [6.45, 7) is 3.91. The number of para-hydroxylation sites is 1. The maximum atomic E-state index is 12.8. The average molecular weight is 362 g/mol. The number of hydrogen-bond donors (Lipinski definition) is 3. The molecule has 0 aliphatic rings. The van der Waals surface area contributed by atoms with E-state index in [-0.39, 0.29) is 11.9 Å². The lowest BCUT2D eigenvalue weighted by Gasteiger charge is -2.10. The molecule has 0 fully saturated rings. The average Bonchev–Trinajstić information content (AvgIpc) is 2.97. The predicted octanol–water partition coefficient (Wildman–Crippen LogP) is 4.10. The maximum Gasteiger partial charge on any atom is 0.318 e. The summed E-state index contributed by atoms with van der Waals surface area (Å²) in [5, 5.41) is 8.08. The third-order valence-corrected chi connectivity index (χ3v) is 4.30. The minimum Gasteiger partial charge on any atom is -0.341 e. The van der Waals surface area contributed by atoms with Gasteiger partial charge in [0, 0.05) is 35.5 Å². The van der Waals surface area contributed by atoms with Crippen LogP contribution in [0.2, 0.25) is 0 Å². The highest BCUT2D eigenvalue weighted by atomic mass is 16.2. The molecule has 0 aliphatic heterocycles. The van der Waals surface area contributed by atoms with E-state index < -0.39 is 0 Å². The summed E-state index contributed by atoms with van der Waals surface area (Å²) >= 11 is 0. The Labute approximate surface area is 158 Å². The molecule has 138 valence electrons. The molecule has 0 radical (unpaired) electrons. The summed E-state index contributed by atoms with van der Waals surface area (Å²) in [7, 11) is 1.55. The van der Waals surface area contributed by atoms with Crippen molar-refractivity contribution in [2.75, 3.05) is 17.7 Å². The fourth-order valence-electron chi connectivity index (χ4n) is 3.03. The van der Waals surface area contributed by atoms with Gasteiger partial charge in [0.2, 0.25) is 0 Å². The van der Waals surface area contributed by atoms with Crippen molar-refractivity contribution in [2.45, 2.75) is 13.8 Å². The molecule has 3 rings (SSSR count). The minimum absolute atomic E-state index is 0.192. The van der Waals surface area contributed by atoms with Crippen LogP contribution >= 0.6 is 0 Å². The fourth-order valence-corrected chi connectivity index (χ4v) is 3.03. The zero-order valence-electron chi connectivity index (χ0n) is 15.5. The Morgan fingerprint density at radius 2 is 1.52 bits per heavy atom. The van der Waals surface area contributed by atoms with Crippen LogP contribution < -0.4 is 16.0 Å². The Morgan fingerprint density at radius 1 is 0.852 bits per heavy atom. The second kappa shape index (κ2) is 7.78. The SMILES string of the molecule is CNC(=O)Nc1cccc(NC(=O)c2cc(C)n(-c3ccccc3)c2C)c1. The largest absolute Gasteiger partial charge is 0.341 e. The van der Waals surface area contributed by atoms with Crippen molar-refractivity contribution in [1.29, 1.82) is 0 Å². The van der Waals surface area contributed by atoms with E-state index in [1.807, 2.05) is 50.2 Å². The predicted molar refractivity (Wildman–Crippen MR) is 108 cm³/mol. The molecule has 0 unspecified atom stereocenters. The van der Waals surface area contributed by atoms with Crippen molar-refractivity contribution >= 4 is 23.3 Å². The molecule has 0 bridgehead atoms. The number of amides is 3. The van der Waals surface area contributed by atoms with Gasteiger partial charge in [-0.05, 0) is 50.2 Å². The lowest BCUT2D eigenvalue weighted by molar-refractivity contribution is 0.102. The van der Waals surface area contributed by atoms with Crippen molar-refractivity contribution in [3.05, 3.63) is 77.6 Å². The lowest BCUT2D eigenvalue weighted by atomic mass is 10.2. The van der Waals surface area contributed by atoms with Crippen LogP contribution in [-0.2, 0) is 0 Å². The number of urea groups is 1. The van der Waals surface area contributed by atoms with E-state index in [9.17, 15) is 9.59 Å². The Bertz CT molecular complexity index is 977. The number of hydrogen-bond acceptors (Lipinski definition) is 2. The van der Waals surface area contributed by atoms with Gasteiger partial charge in [0.1, 0.15) is 0 Å². The molecule has 0 saturated heterocycles. The summed E-state index contributed by atoms with van der Waals surface area (Å²) in [4.78, 5) is 24.2. The first-order valence-corrected chi connectivity index (χ1v) is 8.64. The van der Waals surface area contributed by atoms with E-state index in [2.05, 4.69) is 20.5 Å². The van der Waals surface area contributed by atoms with Crippen molar-refractivity contribution < 1.29 is 9.59 Å². The molecule has 0 spiro atoms. The third kappa shape index (κ3) is 4.00. The van der Waals surface area contributed by atoms with Crippen LogP contribution in [0.25, 0.3) is 5.69 Å². The molecule has 0 atom stereocenters. The van der Waals surface area contributed by atoms with Crippen LogP contribution in [0.4, 0.5) is 16.2 Å². The highest BCUT2D eigenvalue weighted by Crippen LogP contribution is 2.22. The molecule has 3 N–H and O–H groups in total. The van der Waals surface area contributed by atoms with E-state index in [4.69, 9.17) is 0 Å². The first-order chi connectivity index (χ1) is 13.0. The van der Waals surface area contributed by atoms with Gasteiger partial charge in [-0.1, -0.05) is 24.3 Å². The van der Waals surface area contributed by atoms with Gasteiger partial charge in [-0.15, -0.1) is 0 Å². The number of aromatic nitrogens is 1. The molecule has 27 heavy (non-hydrogen) atoms. The third-order valence-electron chi connectivity index (χ3n) is 4.30. The first-order valence-electron chi connectivity index (χ1n) is 8.64. The molecule has 3 amide bonds. The van der Waals surface area contributed by atoms with Gasteiger partial charge < -0.3 is 20.5 Å². The van der Waals surface area contributed by atoms with Crippen LogP contribution in [0, 0.1) is 13.8 Å². The molecule has 3 aromatic rings. The number of anilines is 2. The maximum absolute atomic E-state index is 12.8. The van der Waals surface area contributed by atoms with E-state index in [0.717, 1.165) is 17.1 Å². The van der Waals surface area contributed by atoms with Gasteiger partial charge in [0.05, 0.1) is 5.56 Å². The number of benzene rings is 2. The zero-order chi connectivity index (χ0) is 19.4. The number of carbonyl (C=O) groups excluding carboxylic acids is 2. The molecule has 0 saturated carbocycles. The number of aryl methyl sites for hydroxylation is 1. The van der Waals surface area contributed by atoms with Crippen LogP contribution in [0.1, 0.15) is 21.7 Å². The number of carbonyl (C=O) groups is 2. The molecular formula is C21H22N4O2. The number of rotatable bonds is 4. The Balaban J connectivity index is 1.83. The monoisotopic (exact) mass is 362 g/mol. The minimum atomic E-state index is -0.315. The van der Waals surface area contributed by atoms with Crippen LogP contribution in [-0.4, -0.2) is 23.6 Å². The second-order valence-corrected chi connectivity index (χ2v) is 6.19. The Kier molecular flexibility index (Phi) is 5.26. The molecule has 6 heteroatoms. The normalized spacial score (nSPS) is 10.3. The topological polar surface area (TPSA) is 75.2 Å². The quantitative estimate of drug-likeness (QED) is 0.654. The first kappa shape index (κ1) is 18.3. The molecule has 2 aromatic carbocycles. The van der Waals surface area contributed by atoms with Gasteiger partial charge in [-0.3, -0.25) is 4.79 Å². The standard InChI is InChI=1S/C21H22N4O2/c1-14-12-19(15(2)25(14)18-10-5-4-6-11-18)20(26)23-16-8-7-9-17(13-16)24-21(27)22-3/h4-13H,1-3H3,(H,23,26)(H2,22,24,27). The molecule has 6 nitrogen and oxygen atoms in total. The van der Waals surface area contributed by atoms with E-state index >= 15 is 0 Å². The summed E-state index contributed by atoms with van der Waals surface area (Å²) in [5.41, 5.74) is 4.69. The van der Waals surface area contributed by atoms with Crippen molar-refractivity contribution in [3.63, 3.8) is 0 Å². The van der Waals surface area contributed by atoms with Crippen molar-refractivity contribution in [1.82, 2.24) is 9.88 Å². The van der Waals surface area contributed by atoms with Gasteiger partial charge >= 0.3 is 6.03 Å². The van der Waals surface area contributed by atoms with Crippen LogP contribution in [0.3, 0.4) is 0 Å². The second-order valence-electron chi connectivity index (χ2n) is 6.19. The molecular weight excluding hydrogens is 340 g/mol. The summed E-state index contributed by atoms with van der Waals surface area (Å²) in [5.74, 6) is -0.192. The Morgan fingerprint density at radius 3 is 2.19 bits per heavy atom. The van der Waals surface area contributed by atoms with Crippen molar-refractivity contribution in [3.8, 4) is 5.69 Å². The van der Waals surface area contributed by atoms with Crippen LogP contribution in [0.15, 0.2) is 60.7 Å². The van der Waals surface area contributed by atoms with Crippen molar-refractivity contribution in [2.24, 2.45) is 0 Å². The number of nitrogens with one attached hydrogen (secondary N) is 3. The zero-order valence-corrected chi connectivity index (χ0v) is 15.5. The highest BCUT2D eigenvalue weighted by molar-refractivity contribution is 6.05. The fraction of sp³-hybridized carbons (Fsp3) is 0.143. The van der Waals surface area contributed by atoms with E-state index in [1.165, 1.54) is 0 Å². The molecule has 0 aliphatic carbocycles. The summed E-state index contributed by atoms with van der Waals surface area (Å²) in [6.07, 6.45) is 0. The van der Waals surface area contributed by atoms with E-state index in [1.54, 1.807) is 31.3 Å². The molecule has 1 heterocycles. The highest BCUT2D eigenvalue weighted by Gasteiger charge is 2.17. The van der Waals surface area contributed by atoms with Gasteiger partial charge in [-0.2, -0.15) is 0 Å². The smallest absolute Gasteiger partial charge is 0.318 e. The van der Waals surface area contributed by atoms with Gasteiger partial charge in [0.25, 0.3) is 5.91 Å². The molecule has 1 aromatic heterocycles. The van der Waals surface area contributed by atoms with E-state index in [0.29, 0.717) is 16.9 Å².